The number of ether oxygens (including phenoxy) is 1. The third-order valence-corrected chi connectivity index (χ3v) is 6.93. The maximum absolute atomic E-state index is 5.27. The maximum atomic E-state index is 5.27. The van der Waals surface area contributed by atoms with Crippen molar-refractivity contribution in [2.75, 3.05) is 33.3 Å². The van der Waals surface area contributed by atoms with Crippen molar-refractivity contribution in [3.63, 3.8) is 0 Å². The molecule has 2 aromatic carbocycles. The van der Waals surface area contributed by atoms with Crippen molar-refractivity contribution >= 4 is 0 Å². The second-order valence-electron chi connectivity index (χ2n) is 8.89. The van der Waals surface area contributed by atoms with Crippen LogP contribution in [0.2, 0.25) is 0 Å². The van der Waals surface area contributed by atoms with Gasteiger partial charge in [0.25, 0.3) is 0 Å². The smallest absolute Gasteiger partial charge is 0.118 e. The van der Waals surface area contributed by atoms with E-state index in [0.29, 0.717) is 5.41 Å². The highest BCUT2D eigenvalue weighted by Gasteiger charge is 2.37. The van der Waals surface area contributed by atoms with Crippen molar-refractivity contribution in [1.82, 2.24) is 9.80 Å². The van der Waals surface area contributed by atoms with E-state index in [9.17, 15) is 0 Å². The monoisotopic (exact) mass is 378 g/mol. The lowest BCUT2D eigenvalue weighted by Crippen LogP contribution is -2.46. The van der Waals surface area contributed by atoms with E-state index in [1.165, 1.54) is 68.6 Å². The van der Waals surface area contributed by atoms with Crippen LogP contribution in [-0.2, 0) is 13.1 Å². The minimum atomic E-state index is 0.597. The fourth-order valence-corrected chi connectivity index (χ4v) is 4.81. The molecule has 0 aliphatic carbocycles. The fraction of sp³-hybridized carbons (Fsp3) is 0.520. The first-order valence-electron chi connectivity index (χ1n) is 10.8. The molecule has 150 valence electrons. The first kappa shape index (κ1) is 19.5. The lowest BCUT2D eigenvalue weighted by Gasteiger charge is -2.47. The first-order valence-corrected chi connectivity index (χ1v) is 10.8. The van der Waals surface area contributed by atoms with Gasteiger partial charge in [0.15, 0.2) is 0 Å². The van der Waals surface area contributed by atoms with Gasteiger partial charge < -0.3 is 4.74 Å². The summed E-state index contributed by atoms with van der Waals surface area (Å²) in [6, 6.07) is 17.6. The van der Waals surface area contributed by atoms with E-state index in [0.717, 1.165) is 18.8 Å². The second kappa shape index (κ2) is 8.67. The summed E-state index contributed by atoms with van der Waals surface area (Å²) < 4.78 is 5.27. The fourth-order valence-electron chi connectivity index (χ4n) is 4.81. The van der Waals surface area contributed by atoms with Crippen LogP contribution in [0, 0.1) is 12.3 Å². The van der Waals surface area contributed by atoms with Crippen LogP contribution >= 0.6 is 0 Å². The van der Waals surface area contributed by atoms with Gasteiger partial charge in [-0.15, -0.1) is 0 Å². The SMILES string of the molecule is COc1ccc(CN2CCC3(CCN(Cc4ccc(C)cc4)CC3)CC2)cc1. The number of nitrogens with zero attached hydrogens (tertiary/aromatic N) is 2. The number of hydrogen-bond acceptors (Lipinski definition) is 3. The number of likely N-dealkylation sites (tertiary alicyclic amines) is 2. The minimum Gasteiger partial charge on any atom is -0.497 e. The molecule has 0 amide bonds. The van der Waals surface area contributed by atoms with Crippen LogP contribution in [0.4, 0.5) is 0 Å². The average molecular weight is 379 g/mol. The summed E-state index contributed by atoms with van der Waals surface area (Å²) in [7, 11) is 1.73. The second-order valence-corrected chi connectivity index (χ2v) is 8.89. The lowest BCUT2D eigenvalue weighted by atomic mass is 9.71. The first-order chi connectivity index (χ1) is 13.6. The van der Waals surface area contributed by atoms with Gasteiger partial charge in [0.1, 0.15) is 5.75 Å². The molecule has 2 saturated heterocycles. The van der Waals surface area contributed by atoms with Gasteiger partial charge in [-0.05, 0) is 87.5 Å². The van der Waals surface area contributed by atoms with Crippen molar-refractivity contribution in [1.29, 1.82) is 0 Å². The van der Waals surface area contributed by atoms with Gasteiger partial charge in [0, 0.05) is 13.1 Å². The van der Waals surface area contributed by atoms with Crippen LogP contribution in [0.5, 0.6) is 5.75 Å². The highest BCUT2D eigenvalue weighted by Crippen LogP contribution is 2.41. The van der Waals surface area contributed by atoms with E-state index >= 15 is 0 Å². The molecule has 2 aliphatic heterocycles. The van der Waals surface area contributed by atoms with Gasteiger partial charge in [0.05, 0.1) is 7.11 Å². The summed E-state index contributed by atoms with van der Waals surface area (Å²) in [5.74, 6) is 0.943. The molecule has 2 fully saturated rings. The van der Waals surface area contributed by atoms with E-state index in [-0.39, 0.29) is 0 Å². The molecule has 4 rings (SSSR count). The van der Waals surface area contributed by atoms with E-state index in [4.69, 9.17) is 4.74 Å². The Balaban J connectivity index is 1.24. The van der Waals surface area contributed by atoms with Crippen LogP contribution in [-0.4, -0.2) is 43.1 Å². The Kier molecular flexibility index (Phi) is 6.03. The molecule has 0 bridgehead atoms. The number of methoxy groups -OCH3 is 1. The summed E-state index contributed by atoms with van der Waals surface area (Å²) in [5, 5.41) is 0. The van der Waals surface area contributed by atoms with E-state index in [1.807, 2.05) is 0 Å². The van der Waals surface area contributed by atoms with Gasteiger partial charge in [-0.2, -0.15) is 0 Å². The van der Waals surface area contributed by atoms with E-state index in [1.54, 1.807) is 7.11 Å². The zero-order chi connectivity index (χ0) is 19.4. The Labute approximate surface area is 170 Å². The molecule has 0 saturated carbocycles. The summed E-state index contributed by atoms with van der Waals surface area (Å²) in [6.45, 7) is 9.34. The van der Waals surface area contributed by atoms with Crippen LogP contribution in [0.1, 0.15) is 42.4 Å². The number of benzene rings is 2. The van der Waals surface area contributed by atoms with Gasteiger partial charge >= 0.3 is 0 Å². The molecule has 0 unspecified atom stereocenters. The molecule has 0 atom stereocenters. The zero-order valence-electron chi connectivity index (χ0n) is 17.5. The molecular formula is C25H34N2O. The number of piperidine rings is 2. The largest absolute Gasteiger partial charge is 0.497 e. The Hall–Kier alpha value is -1.84. The van der Waals surface area contributed by atoms with Gasteiger partial charge in [-0.25, -0.2) is 0 Å². The summed E-state index contributed by atoms with van der Waals surface area (Å²) in [4.78, 5) is 5.28. The molecule has 2 heterocycles. The number of rotatable bonds is 5. The summed E-state index contributed by atoms with van der Waals surface area (Å²) in [5.41, 5.74) is 4.79. The highest BCUT2D eigenvalue weighted by atomic mass is 16.5. The molecular weight excluding hydrogens is 344 g/mol. The van der Waals surface area contributed by atoms with Crippen LogP contribution < -0.4 is 4.74 Å². The van der Waals surface area contributed by atoms with Crippen LogP contribution in [0.15, 0.2) is 48.5 Å². The Morgan fingerprint density at radius 3 is 1.57 bits per heavy atom. The summed E-state index contributed by atoms with van der Waals surface area (Å²) in [6.07, 6.45) is 5.47. The predicted molar refractivity (Wildman–Crippen MR) is 116 cm³/mol. The number of hydrogen-bond donors (Lipinski definition) is 0. The van der Waals surface area contributed by atoms with Crippen molar-refractivity contribution in [3.8, 4) is 5.75 Å². The molecule has 3 nitrogen and oxygen atoms in total. The molecule has 0 aromatic heterocycles. The topological polar surface area (TPSA) is 15.7 Å². The number of aryl methyl sites for hydroxylation is 1. The Morgan fingerprint density at radius 2 is 1.14 bits per heavy atom. The lowest BCUT2D eigenvalue weighted by molar-refractivity contribution is 0.0300. The third kappa shape index (κ3) is 4.76. The molecule has 3 heteroatoms. The average Bonchev–Trinajstić information content (AvgIpc) is 2.74. The Morgan fingerprint density at radius 1 is 0.714 bits per heavy atom. The molecule has 2 aromatic rings. The van der Waals surface area contributed by atoms with Gasteiger partial charge in [0.2, 0.25) is 0 Å². The molecule has 28 heavy (non-hydrogen) atoms. The van der Waals surface area contributed by atoms with Gasteiger partial charge in [-0.1, -0.05) is 42.0 Å². The van der Waals surface area contributed by atoms with Crippen LogP contribution in [0.25, 0.3) is 0 Å². The van der Waals surface area contributed by atoms with Crippen LogP contribution in [0.3, 0.4) is 0 Å². The standard InChI is InChI=1S/C25H34N2O/c1-21-3-5-22(6-4-21)19-26-15-11-25(12-16-26)13-17-27(18-14-25)20-23-7-9-24(28-2)10-8-23/h3-10H,11-20H2,1-2H3. The van der Waals surface area contributed by atoms with Crippen molar-refractivity contribution in [3.05, 3.63) is 65.2 Å². The minimum absolute atomic E-state index is 0.597. The predicted octanol–water partition coefficient (Wildman–Crippen LogP) is 4.88. The van der Waals surface area contributed by atoms with Crippen molar-refractivity contribution in [2.24, 2.45) is 5.41 Å². The maximum Gasteiger partial charge on any atom is 0.118 e. The Bertz CT molecular complexity index is 735. The molecule has 1 spiro atoms. The van der Waals surface area contributed by atoms with Crippen molar-refractivity contribution in [2.45, 2.75) is 45.7 Å². The van der Waals surface area contributed by atoms with Crippen molar-refractivity contribution < 1.29 is 4.74 Å². The summed E-state index contributed by atoms with van der Waals surface area (Å²) >= 11 is 0. The highest BCUT2D eigenvalue weighted by molar-refractivity contribution is 5.27. The molecule has 0 N–H and O–H groups in total. The van der Waals surface area contributed by atoms with Gasteiger partial charge in [-0.3, -0.25) is 9.80 Å². The zero-order valence-corrected chi connectivity index (χ0v) is 17.5. The molecule has 0 radical (unpaired) electrons. The van der Waals surface area contributed by atoms with E-state index < -0.39 is 0 Å². The molecule has 2 aliphatic rings. The third-order valence-electron chi connectivity index (χ3n) is 6.93. The quantitative estimate of drug-likeness (QED) is 0.737. The van der Waals surface area contributed by atoms with E-state index in [2.05, 4.69) is 65.3 Å². The normalized spacial score (nSPS) is 20.4.